The molecule has 0 saturated heterocycles. The molecule has 2 rings (SSSR count). The van der Waals surface area contributed by atoms with Crippen LogP contribution in [-0.4, -0.2) is 21.0 Å². The van der Waals surface area contributed by atoms with Gasteiger partial charge in [0.2, 0.25) is 0 Å². The molecule has 0 spiro atoms. The first kappa shape index (κ1) is 12.5. The van der Waals surface area contributed by atoms with E-state index in [1.807, 2.05) is 0 Å². The van der Waals surface area contributed by atoms with Crippen LogP contribution in [0.25, 0.3) is 0 Å². The van der Waals surface area contributed by atoms with Gasteiger partial charge in [0.15, 0.2) is 4.34 Å². The Hall–Kier alpha value is -1.91. The molecule has 0 bridgehead atoms. The minimum absolute atomic E-state index is 0.0881. The van der Waals surface area contributed by atoms with Gasteiger partial charge in [-0.15, -0.1) is 11.3 Å². The molecule has 0 unspecified atom stereocenters. The quantitative estimate of drug-likeness (QED) is 0.921. The van der Waals surface area contributed by atoms with Gasteiger partial charge in [0.1, 0.15) is 6.07 Å². The lowest BCUT2D eigenvalue weighted by molar-refractivity contribution is -0.136. The van der Waals surface area contributed by atoms with Gasteiger partial charge in [-0.2, -0.15) is 5.26 Å². The molecule has 0 aliphatic heterocycles. The van der Waals surface area contributed by atoms with Gasteiger partial charge in [-0.05, 0) is 6.07 Å². The molecule has 0 radical (unpaired) electrons. The molecule has 90 valence electrons. The number of hydrogen-bond donors (Lipinski definition) is 1. The van der Waals surface area contributed by atoms with Crippen molar-refractivity contribution in [3.63, 3.8) is 0 Å². The van der Waals surface area contributed by atoms with Crippen molar-refractivity contribution in [2.24, 2.45) is 0 Å². The number of thiazole rings is 1. The third-order valence-electron chi connectivity index (χ3n) is 1.97. The molecule has 2 aromatic rings. The maximum Gasteiger partial charge on any atom is 0.309 e. The second kappa shape index (κ2) is 5.62. The van der Waals surface area contributed by atoms with Crippen LogP contribution in [-0.2, 0) is 11.2 Å². The highest BCUT2D eigenvalue weighted by molar-refractivity contribution is 8.01. The molecule has 18 heavy (non-hydrogen) atoms. The summed E-state index contributed by atoms with van der Waals surface area (Å²) in [7, 11) is 0. The van der Waals surface area contributed by atoms with Gasteiger partial charge in [-0.1, -0.05) is 11.8 Å². The topological polar surface area (TPSA) is 86.9 Å². The zero-order chi connectivity index (χ0) is 13.0. The fraction of sp³-hybridized carbons (Fsp3) is 0.0909. The van der Waals surface area contributed by atoms with Crippen LogP contribution in [0, 0.1) is 11.3 Å². The summed E-state index contributed by atoms with van der Waals surface area (Å²) in [5, 5.41) is 19.3. The molecule has 2 aromatic heterocycles. The largest absolute Gasteiger partial charge is 0.481 e. The van der Waals surface area contributed by atoms with Gasteiger partial charge in [0, 0.05) is 17.8 Å². The molecule has 0 aromatic carbocycles. The zero-order valence-electron chi connectivity index (χ0n) is 9.03. The van der Waals surface area contributed by atoms with Crippen molar-refractivity contribution in [2.75, 3.05) is 0 Å². The van der Waals surface area contributed by atoms with E-state index in [0.717, 1.165) is 4.90 Å². The number of rotatable bonds is 4. The number of nitriles is 1. The Kier molecular flexibility index (Phi) is 3.92. The molecule has 5 nitrogen and oxygen atoms in total. The molecule has 7 heteroatoms. The summed E-state index contributed by atoms with van der Waals surface area (Å²) in [4.78, 5) is 19.4. The lowest BCUT2D eigenvalue weighted by Gasteiger charge is -1.98. The third-order valence-corrected chi connectivity index (χ3v) is 4.00. The van der Waals surface area contributed by atoms with Crippen molar-refractivity contribution in [3.05, 3.63) is 35.1 Å². The summed E-state index contributed by atoms with van der Waals surface area (Å²) in [6.45, 7) is 0. The van der Waals surface area contributed by atoms with E-state index in [0.29, 0.717) is 15.6 Å². The fourth-order valence-electron chi connectivity index (χ4n) is 1.22. The van der Waals surface area contributed by atoms with Crippen LogP contribution < -0.4 is 0 Å². The summed E-state index contributed by atoms with van der Waals surface area (Å²) in [6.07, 6.45) is 3.07. The highest BCUT2D eigenvalue weighted by Crippen LogP contribution is 2.31. The van der Waals surface area contributed by atoms with E-state index in [9.17, 15) is 4.79 Å². The lowest BCUT2D eigenvalue weighted by atomic mass is 10.3. The molecule has 0 fully saturated rings. The summed E-state index contributed by atoms with van der Waals surface area (Å²) in [5.74, 6) is -0.907. The van der Waals surface area contributed by atoms with Gasteiger partial charge in [-0.3, -0.25) is 9.78 Å². The lowest BCUT2D eigenvalue weighted by Crippen LogP contribution is -1.99. The number of carbonyl (C=O) groups is 1. The van der Waals surface area contributed by atoms with Crippen LogP contribution in [0.1, 0.15) is 11.3 Å². The Morgan fingerprint density at radius 2 is 2.44 bits per heavy atom. The van der Waals surface area contributed by atoms with Crippen molar-refractivity contribution in [1.29, 1.82) is 5.26 Å². The predicted molar refractivity (Wildman–Crippen MR) is 66.5 cm³/mol. The number of carboxylic acids is 1. The average molecular weight is 277 g/mol. The Balaban J connectivity index is 2.17. The highest BCUT2D eigenvalue weighted by atomic mass is 32.2. The van der Waals surface area contributed by atoms with Gasteiger partial charge in [-0.25, -0.2) is 4.98 Å². The maximum atomic E-state index is 10.5. The third kappa shape index (κ3) is 3.06. The van der Waals surface area contributed by atoms with Crippen molar-refractivity contribution in [1.82, 2.24) is 9.97 Å². The van der Waals surface area contributed by atoms with Gasteiger partial charge >= 0.3 is 5.97 Å². The van der Waals surface area contributed by atoms with Crippen LogP contribution in [0.15, 0.2) is 33.1 Å². The first-order chi connectivity index (χ1) is 8.69. The summed E-state index contributed by atoms with van der Waals surface area (Å²) in [6, 6.07) is 3.71. The summed E-state index contributed by atoms with van der Waals surface area (Å²) in [5.41, 5.74) is 1.06. The average Bonchev–Trinajstić information content (AvgIpc) is 2.76. The van der Waals surface area contributed by atoms with Crippen molar-refractivity contribution in [3.8, 4) is 6.07 Å². The number of hydrogen-bond acceptors (Lipinski definition) is 6. The first-order valence-electron chi connectivity index (χ1n) is 4.87. The Morgan fingerprint density at radius 3 is 3.17 bits per heavy atom. The van der Waals surface area contributed by atoms with E-state index >= 15 is 0 Å². The predicted octanol–water partition coefficient (Wildman–Crippen LogP) is 2.19. The molecular formula is C11H7N3O2S2. The van der Waals surface area contributed by atoms with E-state index in [2.05, 4.69) is 16.0 Å². The number of carboxylic acid groups (broad SMARTS) is 1. The SMILES string of the molecule is N#Cc1ccncc1Sc1nc(CC(=O)O)cs1. The Morgan fingerprint density at radius 1 is 1.61 bits per heavy atom. The van der Waals surface area contributed by atoms with E-state index < -0.39 is 5.97 Å². The van der Waals surface area contributed by atoms with E-state index in [1.165, 1.54) is 23.1 Å². The maximum absolute atomic E-state index is 10.5. The van der Waals surface area contributed by atoms with Crippen LogP contribution >= 0.6 is 23.1 Å². The monoisotopic (exact) mass is 277 g/mol. The minimum Gasteiger partial charge on any atom is -0.481 e. The molecule has 0 amide bonds. The van der Waals surface area contributed by atoms with Gasteiger partial charge in [0.05, 0.1) is 22.6 Å². The molecule has 2 heterocycles. The second-order valence-corrected chi connectivity index (χ2v) is 5.41. The molecule has 0 aliphatic carbocycles. The second-order valence-electron chi connectivity index (χ2n) is 3.26. The highest BCUT2D eigenvalue weighted by Gasteiger charge is 2.09. The first-order valence-corrected chi connectivity index (χ1v) is 6.57. The standard InChI is InChI=1S/C11H7N3O2S2/c12-4-7-1-2-13-5-9(7)18-11-14-8(6-17-11)3-10(15)16/h1-2,5-6H,3H2,(H,15,16). The molecule has 0 atom stereocenters. The molecule has 0 aliphatic rings. The normalized spacial score (nSPS) is 9.94. The minimum atomic E-state index is -0.907. The number of nitrogens with zero attached hydrogens (tertiary/aromatic N) is 3. The van der Waals surface area contributed by atoms with E-state index in [-0.39, 0.29) is 6.42 Å². The van der Waals surface area contributed by atoms with Crippen LogP contribution in [0.2, 0.25) is 0 Å². The number of aromatic nitrogens is 2. The Bertz CT molecular complexity index is 619. The van der Waals surface area contributed by atoms with E-state index in [1.54, 1.807) is 23.8 Å². The number of pyridine rings is 1. The fourth-order valence-corrected chi connectivity index (χ4v) is 3.06. The summed E-state index contributed by atoms with van der Waals surface area (Å²) < 4.78 is 0.704. The van der Waals surface area contributed by atoms with Crippen molar-refractivity contribution in [2.45, 2.75) is 15.7 Å². The Labute approximate surface area is 111 Å². The van der Waals surface area contributed by atoms with Gasteiger partial charge in [0.25, 0.3) is 0 Å². The van der Waals surface area contributed by atoms with Crippen molar-refractivity contribution >= 4 is 29.1 Å². The molecule has 1 N–H and O–H groups in total. The van der Waals surface area contributed by atoms with Crippen LogP contribution in [0.5, 0.6) is 0 Å². The van der Waals surface area contributed by atoms with E-state index in [4.69, 9.17) is 10.4 Å². The number of aliphatic carboxylic acids is 1. The van der Waals surface area contributed by atoms with Crippen molar-refractivity contribution < 1.29 is 9.90 Å². The molecular weight excluding hydrogens is 270 g/mol. The summed E-state index contributed by atoms with van der Waals surface area (Å²) >= 11 is 2.67. The van der Waals surface area contributed by atoms with Crippen LogP contribution in [0.4, 0.5) is 0 Å². The zero-order valence-corrected chi connectivity index (χ0v) is 10.7. The van der Waals surface area contributed by atoms with Crippen LogP contribution in [0.3, 0.4) is 0 Å². The molecule has 0 saturated carbocycles. The van der Waals surface area contributed by atoms with Gasteiger partial charge < -0.3 is 5.11 Å². The smallest absolute Gasteiger partial charge is 0.309 e.